The van der Waals surface area contributed by atoms with E-state index in [0.717, 1.165) is 161 Å². The Morgan fingerprint density at radius 3 is 0.847 bits per heavy atom. The van der Waals surface area contributed by atoms with Gasteiger partial charge in [0.1, 0.15) is 19.3 Å². The number of ether oxygens (including phenoxy) is 4. The Bertz CT molecular complexity index is 2480. The summed E-state index contributed by atoms with van der Waals surface area (Å²) in [5, 5.41) is 10.6. The minimum atomic E-state index is -5.00. The summed E-state index contributed by atoms with van der Waals surface area (Å²) in [6, 6.07) is 0. The Balaban J connectivity index is 5.44. The van der Waals surface area contributed by atoms with E-state index in [-0.39, 0.29) is 25.7 Å². The highest BCUT2D eigenvalue weighted by molar-refractivity contribution is 7.47. The Kier molecular flexibility index (Phi) is 66.3. The van der Waals surface area contributed by atoms with Crippen molar-refractivity contribution in [1.29, 1.82) is 0 Å². The van der Waals surface area contributed by atoms with E-state index >= 15 is 0 Å². The van der Waals surface area contributed by atoms with Gasteiger partial charge in [0.2, 0.25) is 0 Å². The van der Waals surface area contributed by atoms with Gasteiger partial charge >= 0.3 is 39.5 Å². The molecule has 5 unspecified atom stereocenters. The van der Waals surface area contributed by atoms with Crippen molar-refractivity contribution < 1.29 is 80.2 Å². The third kappa shape index (κ3) is 69.2. The van der Waals surface area contributed by atoms with Gasteiger partial charge in [0.25, 0.3) is 0 Å². The topological polar surface area (TPSA) is 237 Å². The van der Waals surface area contributed by atoms with Gasteiger partial charge in [0, 0.05) is 25.7 Å². The number of carbonyl (C=O) groups is 4. The summed E-state index contributed by atoms with van der Waals surface area (Å²) in [7, 11) is -9.99. The molecule has 0 aromatic carbocycles. The van der Waals surface area contributed by atoms with E-state index in [9.17, 15) is 43.2 Å². The van der Waals surface area contributed by atoms with Crippen LogP contribution in [-0.2, 0) is 65.4 Å². The molecule has 5 atom stereocenters. The van der Waals surface area contributed by atoms with Crippen molar-refractivity contribution in [3.8, 4) is 0 Å². The molecule has 98 heavy (non-hydrogen) atoms. The van der Waals surface area contributed by atoms with Gasteiger partial charge in [-0.05, 0) is 161 Å². The van der Waals surface area contributed by atoms with Gasteiger partial charge < -0.3 is 33.8 Å². The standard InChI is InChI=1S/C79H128O17P2/c1-5-9-13-17-21-25-29-32-35-36-39-41-45-48-52-56-60-64-77(82)89-69-74(95-78(83)65-61-57-53-49-43-28-24-20-16-12-8-4)71-93-97(85,86)91-67-73(80)68-92-98(87,88)94-72-75(96-79(84)66-62-58-54-50-46-42-38-34-31-27-23-19-15-11-7-3)70-90-76(81)63-59-55-51-47-44-40-37-33-30-26-22-18-14-10-6-2/h9-11,13-15,20-27,32-35,37-39,41,44,46-47,50,73-75,80H,5-8,12,16-19,28-31,36,40,42-43,45,48-49,51-72H2,1-4H3,(H,85,86)(H,87,88)/b13-9-,14-10-,15-11-,24-20-,25-21-,26-22-,27-23-,35-32-,37-33-,38-34-,41-39-,47-44-,50-46-. The van der Waals surface area contributed by atoms with Gasteiger partial charge in [-0.1, -0.05) is 231 Å². The SMILES string of the molecule is CC/C=C\C/C=C\C/C=C\C/C=C\CCCCCCC(=O)OCC(COP(=O)(O)OCC(O)COP(=O)(O)OCC(COC(=O)CCCC/C=C\C/C=C\C/C=C\C/C=C\CC)OC(=O)CCCC/C=C\C/C=C\C/C=C\C/C=C\CC)OC(=O)CCCCCCC/C=C\CCCC. The quantitative estimate of drug-likeness (QED) is 0.0169. The van der Waals surface area contributed by atoms with Gasteiger partial charge in [-0.25, -0.2) is 9.13 Å². The van der Waals surface area contributed by atoms with Crippen molar-refractivity contribution in [2.45, 2.75) is 277 Å². The van der Waals surface area contributed by atoms with Crippen molar-refractivity contribution in [1.82, 2.24) is 0 Å². The maximum absolute atomic E-state index is 13.1. The number of allylic oxidation sites excluding steroid dienone is 26. The lowest BCUT2D eigenvalue weighted by molar-refractivity contribution is -0.161. The zero-order valence-corrected chi connectivity index (χ0v) is 62.2. The van der Waals surface area contributed by atoms with Crippen LogP contribution in [0.1, 0.15) is 259 Å². The second-order valence-corrected chi connectivity index (χ2v) is 26.6. The first-order valence-corrected chi connectivity index (χ1v) is 39.7. The molecule has 0 aromatic rings. The van der Waals surface area contributed by atoms with Crippen molar-refractivity contribution in [2.75, 3.05) is 39.6 Å². The summed E-state index contributed by atoms with van der Waals surface area (Å²) >= 11 is 0. The zero-order valence-electron chi connectivity index (χ0n) is 60.4. The predicted molar refractivity (Wildman–Crippen MR) is 399 cm³/mol. The molecule has 3 N–H and O–H groups in total. The molecule has 0 aliphatic heterocycles. The largest absolute Gasteiger partial charge is 0.472 e. The van der Waals surface area contributed by atoms with Gasteiger partial charge in [-0.15, -0.1) is 0 Å². The lowest BCUT2D eigenvalue weighted by atomic mass is 10.1. The van der Waals surface area contributed by atoms with Crippen LogP contribution in [0, 0.1) is 0 Å². The van der Waals surface area contributed by atoms with Crippen LogP contribution in [0.3, 0.4) is 0 Å². The first-order valence-electron chi connectivity index (χ1n) is 36.7. The maximum Gasteiger partial charge on any atom is 0.472 e. The fourth-order valence-corrected chi connectivity index (χ4v) is 10.5. The number of phosphoric acid groups is 2. The van der Waals surface area contributed by atoms with Crippen molar-refractivity contribution in [3.63, 3.8) is 0 Å². The first kappa shape index (κ1) is 92.7. The van der Waals surface area contributed by atoms with Crippen molar-refractivity contribution in [2.24, 2.45) is 0 Å². The Morgan fingerprint density at radius 2 is 0.531 bits per heavy atom. The van der Waals surface area contributed by atoms with E-state index in [1.54, 1.807) is 0 Å². The third-order valence-corrected chi connectivity index (χ3v) is 16.4. The summed E-state index contributed by atoms with van der Waals surface area (Å²) in [5.74, 6) is -2.32. The van der Waals surface area contributed by atoms with E-state index in [0.29, 0.717) is 32.1 Å². The zero-order chi connectivity index (χ0) is 71.8. The minimum absolute atomic E-state index is 0.0275. The molecule has 17 nitrogen and oxygen atoms in total. The minimum Gasteiger partial charge on any atom is -0.462 e. The van der Waals surface area contributed by atoms with Gasteiger partial charge in [-0.2, -0.15) is 0 Å². The average Bonchev–Trinajstić information content (AvgIpc) is 0.986. The summed E-state index contributed by atoms with van der Waals surface area (Å²) in [6.45, 7) is 4.31. The van der Waals surface area contributed by atoms with Gasteiger partial charge in [-0.3, -0.25) is 37.3 Å². The molecule has 0 fully saturated rings. The number of hydrogen-bond acceptors (Lipinski definition) is 15. The second-order valence-electron chi connectivity index (χ2n) is 23.7. The highest BCUT2D eigenvalue weighted by Gasteiger charge is 2.30. The average molecular weight is 1410 g/mol. The van der Waals surface area contributed by atoms with Crippen LogP contribution >= 0.6 is 15.6 Å². The molecule has 19 heteroatoms. The number of aliphatic hydroxyl groups excluding tert-OH is 1. The molecule has 0 amide bonds. The first-order chi connectivity index (χ1) is 47.7. The normalized spacial score (nSPS) is 14.9. The lowest BCUT2D eigenvalue weighted by Crippen LogP contribution is -2.30. The van der Waals surface area contributed by atoms with E-state index < -0.39 is 97.5 Å². The number of unbranched alkanes of at least 4 members (excludes halogenated alkanes) is 15. The Hall–Kier alpha value is -5.32. The van der Waals surface area contributed by atoms with Crippen LogP contribution in [0.5, 0.6) is 0 Å². The summed E-state index contributed by atoms with van der Waals surface area (Å²) in [5.41, 5.74) is 0. The molecule has 0 spiro atoms. The van der Waals surface area contributed by atoms with Crippen LogP contribution < -0.4 is 0 Å². The van der Waals surface area contributed by atoms with E-state index in [2.05, 4.69) is 186 Å². The predicted octanol–water partition coefficient (Wildman–Crippen LogP) is 20.9. The van der Waals surface area contributed by atoms with Crippen LogP contribution in [0.2, 0.25) is 0 Å². The number of esters is 4. The molecule has 0 aromatic heterocycles. The Labute approximate surface area is 591 Å². The van der Waals surface area contributed by atoms with E-state index in [1.165, 1.54) is 12.8 Å². The third-order valence-electron chi connectivity index (χ3n) is 14.5. The Morgan fingerprint density at radius 1 is 0.296 bits per heavy atom. The van der Waals surface area contributed by atoms with E-state index in [1.807, 2.05) is 0 Å². The van der Waals surface area contributed by atoms with Crippen molar-refractivity contribution >= 4 is 39.5 Å². The molecular weight excluding hydrogens is 1280 g/mol. The highest BCUT2D eigenvalue weighted by atomic mass is 31.2. The molecule has 0 bridgehead atoms. The number of hydrogen-bond donors (Lipinski definition) is 3. The van der Waals surface area contributed by atoms with Crippen LogP contribution in [0.15, 0.2) is 158 Å². The summed E-state index contributed by atoms with van der Waals surface area (Å²) < 4.78 is 68.2. The van der Waals surface area contributed by atoms with Crippen LogP contribution in [-0.4, -0.2) is 96.7 Å². The van der Waals surface area contributed by atoms with Crippen LogP contribution in [0.4, 0.5) is 0 Å². The molecular formula is C79H128O17P2. The highest BCUT2D eigenvalue weighted by Crippen LogP contribution is 2.45. The fourth-order valence-electron chi connectivity index (χ4n) is 8.94. The van der Waals surface area contributed by atoms with Crippen molar-refractivity contribution in [3.05, 3.63) is 158 Å². The number of phosphoric ester groups is 2. The molecule has 0 aliphatic carbocycles. The fraction of sp³-hybridized carbons (Fsp3) is 0.620. The maximum atomic E-state index is 13.1. The second kappa shape index (κ2) is 70.1. The summed E-state index contributed by atoms with van der Waals surface area (Å²) in [4.78, 5) is 72.7. The number of carbonyl (C=O) groups excluding carboxylic acids is 4. The smallest absolute Gasteiger partial charge is 0.462 e. The lowest BCUT2D eigenvalue weighted by Gasteiger charge is -2.21. The van der Waals surface area contributed by atoms with Gasteiger partial charge in [0.15, 0.2) is 12.2 Å². The molecule has 556 valence electrons. The molecule has 0 aliphatic rings. The summed E-state index contributed by atoms with van der Waals surface area (Å²) in [6.07, 6.45) is 79.7. The molecule has 0 radical (unpaired) electrons. The molecule has 0 heterocycles. The van der Waals surface area contributed by atoms with Gasteiger partial charge in [0.05, 0.1) is 26.4 Å². The molecule has 0 saturated heterocycles. The number of rotatable bonds is 67. The van der Waals surface area contributed by atoms with Crippen LogP contribution in [0.25, 0.3) is 0 Å². The van der Waals surface area contributed by atoms with E-state index in [4.69, 9.17) is 37.0 Å². The molecule has 0 saturated carbocycles. The molecule has 0 rings (SSSR count). The number of aliphatic hydroxyl groups is 1. The monoisotopic (exact) mass is 1410 g/mol.